The van der Waals surface area contributed by atoms with Crippen LogP contribution in [0.3, 0.4) is 0 Å². The molecular weight excluding hydrogens is 226 g/mol. The summed E-state index contributed by atoms with van der Waals surface area (Å²) in [6.07, 6.45) is 0. The van der Waals surface area contributed by atoms with Crippen molar-refractivity contribution in [1.82, 2.24) is 9.80 Å². The summed E-state index contributed by atoms with van der Waals surface area (Å²) in [5.74, 6) is 0.759. The van der Waals surface area contributed by atoms with E-state index in [2.05, 4.69) is 22.8 Å². The molecule has 100 valence electrons. The summed E-state index contributed by atoms with van der Waals surface area (Å²) in [6, 6.07) is 6.07. The van der Waals surface area contributed by atoms with E-state index in [9.17, 15) is 0 Å². The largest absolute Gasteiger partial charge is 0.495 e. The Bertz CT molecular complexity index is 387. The minimum absolute atomic E-state index is 0.724. The van der Waals surface area contributed by atoms with Gasteiger partial charge >= 0.3 is 0 Å². The third kappa shape index (κ3) is 3.15. The Balaban J connectivity index is 1.92. The van der Waals surface area contributed by atoms with Gasteiger partial charge in [-0.05, 0) is 24.2 Å². The number of hydrogen-bond donors (Lipinski definition) is 1. The summed E-state index contributed by atoms with van der Waals surface area (Å²) >= 11 is 0. The molecule has 0 atom stereocenters. The van der Waals surface area contributed by atoms with Crippen LogP contribution >= 0.6 is 0 Å². The zero-order chi connectivity index (χ0) is 13.0. The lowest BCUT2D eigenvalue weighted by Crippen LogP contribution is -2.45. The summed E-state index contributed by atoms with van der Waals surface area (Å²) < 4.78 is 5.17. The number of benzene rings is 1. The van der Waals surface area contributed by atoms with Gasteiger partial charge in [0, 0.05) is 32.7 Å². The predicted molar refractivity (Wildman–Crippen MR) is 74.8 cm³/mol. The number of hydrogen-bond acceptors (Lipinski definition) is 4. The number of ether oxygens (including phenoxy) is 1. The highest BCUT2D eigenvalue weighted by molar-refractivity contribution is 5.54. The summed E-state index contributed by atoms with van der Waals surface area (Å²) in [5.41, 5.74) is 7.92. The second-order valence-corrected chi connectivity index (χ2v) is 4.79. The van der Waals surface area contributed by atoms with Gasteiger partial charge in [-0.2, -0.15) is 0 Å². The van der Waals surface area contributed by atoms with Crippen LogP contribution in [0.5, 0.6) is 5.75 Å². The van der Waals surface area contributed by atoms with Crippen LogP contribution in [0.15, 0.2) is 18.2 Å². The number of piperazine rings is 1. The Morgan fingerprint density at radius 2 is 1.83 bits per heavy atom. The predicted octanol–water partition coefficient (Wildman–Crippen LogP) is 1.41. The number of methoxy groups -OCH3 is 1. The SMILES string of the molecule is CCN1CCN(Cc2ccc(OC)c(N)c2)CC1. The van der Waals surface area contributed by atoms with E-state index in [4.69, 9.17) is 10.5 Å². The van der Waals surface area contributed by atoms with Crippen LogP contribution in [0, 0.1) is 0 Å². The maximum atomic E-state index is 5.93. The second kappa shape index (κ2) is 6.07. The van der Waals surface area contributed by atoms with E-state index in [1.165, 1.54) is 18.7 Å². The molecule has 1 heterocycles. The number of nitrogens with zero attached hydrogens (tertiary/aromatic N) is 2. The summed E-state index contributed by atoms with van der Waals surface area (Å²) in [7, 11) is 1.65. The van der Waals surface area contributed by atoms with E-state index >= 15 is 0 Å². The first-order valence-electron chi connectivity index (χ1n) is 6.60. The molecule has 1 aromatic rings. The topological polar surface area (TPSA) is 41.7 Å². The number of rotatable bonds is 4. The average molecular weight is 249 g/mol. The molecule has 2 rings (SSSR count). The van der Waals surface area contributed by atoms with Crippen molar-refractivity contribution in [2.45, 2.75) is 13.5 Å². The molecule has 0 aromatic heterocycles. The molecule has 4 nitrogen and oxygen atoms in total. The van der Waals surface area contributed by atoms with Crippen LogP contribution in [-0.4, -0.2) is 49.6 Å². The Labute approximate surface area is 109 Å². The highest BCUT2D eigenvalue weighted by Gasteiger charge is 2.15. The molecule has 1 aliphatic rings. The normalized spacial score (nSPS) is 17.9. The van der Waals surface area contributed by atoms with Gasteiger partial charge in [0.05, 0.1) is 12.8 Å². The van der Waals surface area contributed by atoms with Gasteiger partial charge in [-0.25, -0.2) is 0 Å². The zero-order valence-corrected chi connectivity index (χ0v) is 11.4. The quantitative estimate of drug-likeness (QED) is 0.819. The molecule has 0 bridgehead atoms. The highest BCUT2D eigenvalue weighted by atomic mass is 16.5. The fraction of sp³-hybridized carbons (Fsp3) is 0.571. The van der Waals surface area contributed by atoms with Crippen molar-refractivity contribution in [3.8, 4) is 5.75 Å². The molecule has 2 N–H and O–H groups in total. The van der Waals surface area contributed by atoms with E-state index in [-0.39, 0.29) is 0 Å². The molecule has 1 aromatic carbocycles. The van der Waals surface area contributed by atoms with Crippen molar-refractivity contribution in [3.63, 3.8) is 0 Å². The standard InChI is InChI=1S/C14H23N3O/c1-3-16-6-8-17(9-7-16)11-12-4-5-14(18-2)13(15)10-12/h4-5,10H,3,6-9,11,15H2,1-2H3. The van der Waals surface area contributed by atoms with Gasteiger partial charge in [0.25, 0.3) is 0 Å². The third-order valence-corrected chi connectivity index (χ3v) is 3.61. The number of nitrogen functional groups attached to an aromatic ring is 1. The maximum Gasteiger partial charge on any atom is 0.141 e. The second-order valence-electron chi connectivity index (χ2n) is 4.79. The minimum Gasteiger partial charge on any atom is -0.495 e. The van der Waals surface area contributed by atoms with Gasteiger partial charge in [-0.3, -0.25) is 4.90 Å². The molecule has 0 saturated carbocycles. The van der Waals surface area contributed by atoms with E-state index in [0.29, 0.717) is 0 Å². The van der Waals surface area contributed by atoms with Gasteiger partial charge in [0.2, 0.25) is 0 Å². The van der Waals surface area contributed by atoms with Crippen LogP contribution in [-0.2, 0) is 6.54 Å². The van der Waals surface area contributed by atoms with E-state index in [1.54, 1.807) is 7.11 Å². The van der Waals surface area contributed by atoms with E-state index in [1.807, 2.05) is 12.1 Å². The first-order chi connectivity index (χ1) is 8.72. The van der Waals surface area contributed by atoms with Crippen molar-refractivity contribution in [3.05, 3.63) is 23.8 Å². The van der Waals surface area contributed by atoms with Crippen molar-refractivity contribution in [2.75, 3.05) is 45.6 Å². The van der Waals surface area contributed by atoms with Gasteiger partial charge in [0.1, 0.15) is 5.75 Å². The molecule has 0 unspecified atom stereocenters. The number of anilines is 1. The fourth-order valence-electron chi connectivity index (χ4n) is 2.40. The third-order valence-electron chi connectivity index (χ3n) is 3.61. The maximum absolute atomic E-state index is 5.93. The van der Waals surface area contributed by atoms with Gasteiger partial charge in [0.15, 0.2) is 0 Å². The molecule has 4 heteroatoms. The molecular formula is C14H23N3O. The Morgan fingerprint density at radius 1 is 1.17 bits per heavy atom. The Morgan fingerprint density at radius 3 is 2.39 bits per heavy atom. The van der Waals surface area contributed by atoms with Gasteiger partial charge in [-0.1, -0.05) is 13.0 Å². The molecule has 1 aliphatic heterocycles. The Hall–Kier alpha value is -1.26. The van der Waals surface area contributed by atoms with Crippen molar-refractivity contribution < 1.29 is 4.74 Å². The molecule has 1 saturated heterocycles. The van der Waals surface area contributed by atoms with Crippen LogP contribution in [0.4, 0.5) is 5.69 Å². The molecule has 0 radical (unpaired) electrons. The Kier molecular flexibility index (Phi) is 4.44. The van der Waals surface area contributed by atoms with Crippen molar-refractivity contribution in [1.29, 1.82) is 0 Å². The van der Waals surface area contributed by atoms with Gasteiger partial charge in [-0.15, -0.1) is 0 Å². The minimum atomic E-state index is 0.724. The summed E-state index contributed by atoms with van der Waals surface area (Å²) in [6.45, 7) is 8.97. The smallest absolute Gasteiger partial charge is 0.141 e. The summed E-state index contributed by atoms with van der Waals surface area (Å²) in [5, 5.41) is 0. The van der Waals surface area contributed by atoms with Crippen molar-refractivity contribution in [2.24, 2.45) is 0 Å². The van der Waals surface area contributed by atoms with Crippen molar-refractivity contribution >= 4 is 5.69 Å². The van der Waals surface area contributed by atoms with Gasteiger partial charge < -0.3 is 15.4 Å². The summed E-state index contributed by atoms with van der Waals surface area (Å²) in [4.78, 5) is 4.96. The average Bonchev–Trinajstić information content (AvgIpc) is 2.40. The van der Waals surface area contributed by atoms with Crippen LogP contribution < -0.4 is 10.5 Å². The van der Waals surface area contributed by atoms with Crippen LogP contribution in [0.25, 0.3) is 0 Å². The first-order valence-corrected chi connectivity index (χ1v) is 6.60. The lowest BCUT2D eigenvalue weighted by molar-refractivity contribution is 0.132. The molecule has 0 amide bonds. The molecule has 0 aliphatic carbocycles. The monoisotopic (exact) mass is 249 g/mol. The number of likely N-dealkylation sites (N-methyl/N-ethyl adjacent to an activating group) is 1. The lowest BCUT2D eigenvalue weighted by Gasteiger charge is -2.34. The van der Waals surface area contributed by atoms with Crippen LogP contribution in [0.2, 0.25) is 0 Å². The van der Waals surface area contributed by atoms with E-state index in [0.717, 1.165) is 37.6 Å². The fourth-order valence-corrected chi connectivity index (χ4v) is 2.40. The van der Waals surface area contributed by atoms with Crippen LogP contribution in [0.1, 0.15) is 12.5 Å². The zero-order valence-electron chi connectivity index (χ0n) is 11.4. The molecule has 1 fully saturated rings. The highest BCUT2D eigenvalue weighted by Crippen LogP contribution is 2.22. The molecule has 18 heavy (non-hydrogen) atoms. The van der Waals surface area contributed by atoms with E-state index < -0.39 is 0 Å². The lowest BCUT2D eigenvalue weighted by atomic mass is 10.1. The number of nitrogens with two attached hydrogens (primary N) is 1. The first kappa shape index (κ1) is 13.2. The molecule has 0 spiro atoms.